The van der Waals surface area contributed by atoms with Crippen LogP contribution in [0.2, 0.25) is 0 Å². The molecule has 1 aromatic heterocycles. The normalized spacial score (nSPS) is 21.2. The van der Waals surface area contributed by atoms with Crippen LogP contribution in [0.1, 0.15) is 69.8 Å². The Morgan fingerprint density at radius 2 is 1.75 bits per heavy atom. The Bertz CT molecular complexity index is 542. The van der Waals surface area contributed by atoms with Crippen LogP contribution < -0.4 is 10.6 Å². The van der Waals surface area contributed by atoms with Gasteiger partial charge in [-0.15, -0.1) is 0 Å². The monoisotopic (exact) mass is 348 g/mol. The van der Waals surface area contributed by atoms with Crippen LogP contribution in [0.3, 0.4) is 0 Å². The Morgan fingerprint density at radius 3 is 2.38 bits per heavy atom. The van der Waals surface area contributed by atoms with Gasteiger partial charge in [0.05, 0.1) is 0 Å². The zero-order chi connectivity index (χ0) is 16.8. The van der Waals surface area contributed by atoms with E-state index in [9.17, 15) is 9.59 Å². The fourth-order valence-corrected chi connectivity index (χ4v) is 4.97. The third kappa shape index (κ3) is 4.18. The summed E-state index contributed by atoms with van der Waals surface area (Å²) >= 11 is 1.70. The van der Waals surface area contributed by atoms with Gasteiger partial charge in [0.25, 0.3) is 0 Å². The molecule has 2 saturated carbocycles. The maximum Gasteiger partial charge on any atom is 0.309 e. The first-order valence-electron chi connectivity index (χ1n) is 9.31. The fourth-order valence-electron chi connectivity index (χ4n) is 4.19. The highest BCUT2D eigenvalue weighted by molar-refractivity contribution is 7.08. The smallest absolute Gasteiger partial charge is 0.309 e. The molecule has 24 heavy (non-hydrogen) atoms. The number of carbonyl (C=O) groups is 2. The molecule has 2 aliphatic rings. The molecule has 0 saturated heterocycles. The molecule has 0 unspecified atom stereocenters. The van der Waals surface area contributed by atoms with E-state index in [1.54, 1.807) is 11.3 Å². The average Bonchev–Trinajstić information content (AvgIpc) is 3.22. The van der Waals surface area contributed by atoms with Crippen molar-refractivity contribution in [3.63, 3.8) is 0 Å². The second kappa shape index (κ2) is 8.15. The average molecular weight is 349 g/mol. The van der Waals surface area contributed by atoms with Crippen LogP contribution in [-0.2, 0) is 15.0 Å². The Balaban J connectivity index is 1.53. The molecule has 0 bridgehead atoms. The summed E-state index contributed by atoms with van der Waals surface area (Å²) in [4.78, 5) is 24.4. The minimum Gasteiger partial charge on any atom is -0.347 e. The molecule has 0 spiro atoms. The lowest BCUT2D eigenvalue weighted by molar-refractivity contribution is -0.139. The molecule has 0 aliphatic heterocycles. The van der Waals surface area contributed by atoms with Crippen LogP contribution in [0.5, 0.6) is 0 Å². The molecule has 0 radical (unpaired) electrons. The molecule has 1 aromatic rings. The number of carbonyl (C=O) groups excluding carboxylic acids is 2. The van der Waals surface area contributed by atoms with Crippen LogP contribution >= 0.6 is 11.3 Å². The van der Waals surface area contributed by atoms with Gasteiger partial charge in [-0.3, -0.25) is 9.59 Å². The predicted molar refractivity (Wildman–Crippen MR) is 97.1 cm³/mol. The van der Waals surface area contributed by atoms with Crippen molar-refractivity contribution in [2.45, 2.75) is 75.7 Å². The Labute approximate surface area is 148 Å². The summed E-state index contributed by atoms with van der Waals surface area (Å²) in [6.07, 6.45) is 11.3. The molecule has 0 atom stereocenters. The second-order valence-electron chi connectivity index (χ2n) is 7.34. The number of amides is 2. The van der Waals surface area contributed by atoms with Crippen molar-refractivity contribution >= 4 is 23.2 Å². The van der Waals surface area contributed by atoms with Crippen LogP contribution in [0.15, 0.2) is 16.8 Å². The summed E-state index contributed by atoms with van der Waals surface area (Å²) < 4.78 is 0. The third-order valence-electron chi connectivity index (χ3n) is 5.68. The molecule has 132 valence electrons. The first-order valence-corrected chi connectivity index (χ1v) is 10.3. The molecule has 2 fully saturated rings. The van der Waals surface area contributed by atoms with Crippen molar-refractivity contribution in [2.75, 3.05) is 6.54 Å². The minimum absolute atomic E-state index is 0.0261. The number of thiophene rings is 1. The van der Waals surface area contributed by atoms with Gasteiger partial charge in [-0.05, 0) is 48.1 Å². The van der Waals surface area contributed by atoms with E-state index >= 15 is 0 Å². The lowest BCUT2D eigenvalue weighted by Crippen LogP contribution is -2.47. The standard InChI is InChI=1S/C19H28N2O2S/c22-17(18(23)21-16-7-3-1-2-4-8-16)20-14-19(10-5-6-11-19)15-9-12-24-13-15/h9,12-13,16H,1-8,10-11,14H2,(H,20,22)(H,21,23). The van der Waals surface area contributed by atoms with Crippen LogP contribution in [0.4, 0.5) is 0 Å². The van der Waals surface area contributed by atoms with Gasteiger partial charge in [0.2, 0.25) is 0 Å². The van der Waals surface area contributed by atoms with E-state index in [1.165, 1.54) is 31.2 Å². The predicted octanol–water partition coefficient (Wildman–Crippen LogP) is 3.52. The summed E-state index contributed by atoms with van der Waals surface area (Å²) in [6.45, 7) is 0.570. The summed E-state index contributed by atoms with van der Waals surface area (Å²) in [5.41, 5.74) is 1.34. The van der Waals surface area contributed by atoms with Gasteiger partial charge >= 0.3 is 11.8 Å². The summed E-state index contributed by atoms with van der Waals surface area (Å²) in [5, 5.41) is 10.1. The highest BCUT2D eigenvalue weighted by Gasteiger charge is 2.36. The molecule has 3 rings (SSSR count). The Kier molecular flexibility index (Phi) is 5.93. The Hall–Kier alpha value is -1.36. The third-order valence-corrected chi connectivity index (χ3v) is 6.36. The first kappa shape index (κ1) is 17.5. The van der Waals surface area contributed by atoms with Crippen molar-refractivity contribution in [3.8, 4) is 0 Å². The van der Waals surface area contributed by atoms with E-state index in [0.29, 0.717) is 6.54 Å². The molecule has 2 amide bonds. The zero-order valence-corrected chi connectivity index (χ0v) is 15.1. The first-order chi connectivity index (χ1) is 11.7. The van der Waals surface area contributed by atoms with Gasteiger partial charge in [-0.25, -0.2) is 0 Å². The van der Waals surface area contributed by atoms with Crippen molar-refractivity contribution in [1.82, 2.24) is 10.6 Å². The van der Waals surface area contributed by atoms with Crippen LogP contribution in [-0.4, -0.2) is 24.4 Å². The number of hydrogen-bond acceptors (Lipinski definition) is 3. The van der Waals surface area contributed by atoms with Gasteiger partial charge in [0, 0.05) is 18.0 Å². The topological polar surface area (TPSA) is 58.2 Å². The lowest BCUT2D eigenvalue weighted by atomic mass is 9.80. The van der Waals surface area contributed by atoms with Crippen LogP contribution in [0, 0.1) is 0 Å². The lowest BCUT2D eigenvalue weighted by Gasteiger charge is -2.28. The number of rotatable bonds is 4. The van der Waals surface area contributed by atoms with E-state index in [-0.39, 0.29) is 11.5 Å². The van der Waals surface area contributed by atoms with Crippen molar-refractivity contribution in [3.05, 3.63) is 22.4 Å². The quantitative estimate of drug-likeness (QED) is 0.646. The maximum atomic E-state index is 12.3. The van der Waals surface area contributed by atoms with E-state index in [0.717, 1.165) is 38.5 Å². The minimum atomic E-state index is -0.472. The van der Waals surface area contributed by atoms with Crippen molar-refractivity contribution in [1.29, 1.82) is 0 Å². The van der Waals surface area contributed by atoms with E-state index in [1.807, 2.05) is 0 Å². The van der Waals surface area contributed by atoms with Gasteiger partial charge in [-0.2, -0.15) is 11.3 Å². The molecule has 5 heteroatoms. The fraction of sp³-hybridized carbons (Fsp3) is 0.684. The molecule has 0 aromatic carbocycles. The summed E-state index contributed by atoms with van der Waals surface area (Å²) in [5.74, 6) is -0.930. The second-order valence-corrected chi connectivity index (χ2v) is 8.12. The maximum absolute atomic E-state index is 12.3. The van der Waals surface area contributed by atoms with E-state index < -0.39 is 11.8 Å². The molecule has 2 aliphatic carbocycles. The molecular weight excluding hydrogens is 320 g/mol. The Morgan fingerprint density at radius 1 is 1.04 bits per heavy atom. The highest BCUT2D eigenvalue weighted by atomic mass is 32.1. The van der Waals surface area contributed by atoms with E-state index in [4.69, 9.17) is 0 Å². The molecule has 1 heterocycles. The van der Waals surface area contributed by atoms with Crippen molar-refractivity contribution < 1.29 is 9.59 Å². The van der Waals surface area contributed by atoms with Gasteiger partial charge < -0.3 is 10.6 Å². The van der Waals surface area contributed by atoms with E-state index in [2.05, 4.69) is 27.5 Å². The van der Waals surface area contributed by atoms with Gasteiger partial charge in [0.15, 0.2) is 0 Å². The molecular formula is C19H28N2O2S. The van der Waals surface area contributed by atoms with Crippen molar-refractivity contribution in [2.24, 2.45) is 0 Å². The summed E-state index contributed by atoms with van der Waals surface area (Å²) in [6, 6.07) is 2.33. The highest BCUT2D eigenvalue weighted by Crippen LogP contribution is 2.41. The van der Waals surface area contributed by atoms with Crippen LogP contribution in [0.25, 0.3) is 0 Å². The van der Waals surface area contributed by atoms with Gasteiger partial charge in [-0.1, -0.05) is 38.5 Å². The SMILES string of the molecule is O=C(NCC1(c2ccsc2)CCCC1)C(=O)NC1CCCCCC1. The zero-order valence-electron chi connectivity index (χ0n) is 14.3. The number of hydrogen-bond donors (Lipinski definition) is 2. The largest absolute Gasteiger partial charge is 0.347 e. The van der Waals surface area contributed by atoms with Gasteiger partial charge in [0.1, 0.15) is 0 Å². The number of nitrogens with one attached hydrogen (secondary N) is 2. The summed E-state index contributed by atoms with van der Waals surface area (Å²) in [7, 11) is 0. The molecule has 2 N–H and O–H groups in total. The molecule has 4 nitrogen and oxygen atoms in total.